The Balaban J connectivity index is 1.72. The van der Waals surface area contributed by atoms with Crippen molar-refractivity contribution in [2.24, 2.45) is 0 Å². The van der Waals surface area contributed by atoms with Crippen LogP contribution in [-0.2, 0) is 6.54 Å². The van der Waals surface area contributed by atoms with Crippen molar-refractivity contribution in [1.29, 1.82) is 0 Å². The maximum atomic E-state index is 10.6. The highest BCUT2D eigenvalue weighted by molar-refractivity contribution is 5.74. The number of nitrogens with zero attached hydrogens (tertiary/aromatic N) is 4. The summed E-state index contributed by atoms with van der Waals surface area (Å²) in [5.74, 6) is 0.423. The lowest BCUT2D eigenvalue weighted by molar-refractivity contribution is -0.384. The molecule has 0 radical (unpaired) electrons. The molecule has 3 aromatic rings. The van der Waals surface area contributed by atoms with Gasteiger partial charge in [-0.05, 0) is 17.7 Å². The molecule has 0 aliphatic rings. The monoisotopic (exact) mass is 281 g/mol. The standard InChI is InChI=1S/C14H11N5O2/c20-19(21)11-7-5-10(6-8-11)9-15-14-16-12-3-1-2-4-13(12)17-18-14/h1-8H,9H2,(H,15,16,18). The second-order valence-electron chi connectivity index (χ2n) is 4.40. The molecule has 0 fully saturated rings. The topological polar surface area (TPSA) is 93.8 Å². The third-order valence-electron chi connectivity index (χ3n) is 2.96. The van der Waals surface area contributed by atoms with Crippen molar-refractivity contribution < 1.29 is 4.92 Å². The fraction of sp³-hybridized carbons (Fsp3) is 0.0714. The summed E-state index contributed by atoms with van der Waals surface area (Å²) in [5.41, 5.74) is 2.47. The SMILES string of the molecule is O=[N+]([O-])c1ccc(CNc2nnc3ccccc3n2)cc1. The number of nitro groups is 1. The number of aromatic nitrogens is 3. The molecule has 0 bridgehead atoms. The average Bonchev–Trinajstić information content (AvgIpc) is 2.53. The first-order chi connectivity index (χ1) is 10.2. The maximum absolute atomic E-state index is 10.6. The molecule has 0 spiro atoms. The quantitative estimate of drug-likeness (QED) is 0.583. The molecule has 1 aromatic heterocycles. The molecule has 0 unspecified atom stereocenters. The van der Waals surface area contributed by atoms with Crippen LogP contribution >= 0.6 is 0 Å². The van der Waals surface area contributed by atoms with Crippen LogP contribution in [0, 0.1) is 10.1 Å². The number of non-ortho nitro benzene ring substituents is 1. The van der Waals surface area contributed by atoms with Gasteiger partial charge in [0, 0.05) is 18.7 Å². The first kappa shape index (κ1) is 12.9. The van der Waals surface area contributed by atoms with Gasteiger partial charge >= 0.3 is 0 Å². The van der Waals surface area contributed by atoms with Gasteiger partial charge in [-0.1, -0.05) is 24.3 Å². The minimum atomic E-state index is -0.423. The lowest BCUT2D eigenvalue weighted by atomic mass is 10.2. The Morgan fingerprint density at radius 3 is 2.43 bits per heavy atom. The molecule has 7 nitrogen and oxygen atoms in total. The number of hydrogen-bond acceptors (Lipinski definition) is 6. The van der Waals surface area contributed by atoms with Crippen LogP contribution in [-0.4, -0.2) is 20.1 Å². The van der Waals surface area contributed by atoms with E-state index < -0.39 is 4.92 Å². The average molecular weight is 281 g/mol. The summed E-state index contributed by atoms with van der Waals surface area (Å²) in [6.45, 7) is 0.470. The first-order valence-electron chi connectivity index (χ1n) is 6.29. The molecule has 0 saturated heterocycles. The number of para-hydroxylation sites is 1. The molecule has 3 rings (SSSR count). The molecular weight excluding hydrogens is 270 g/mol. The van der Waals surface area contributed by atoms with Crippen LogP contribution in [0.5, 0.6) is 0 Å². The molecule has 21 heavy (non-hydrogen) atoms. The maximum Gasteiger partial charge on any atom is 0.269 e. The molecule has 2 aromatic carbocycles. The lowest BCUT2D eigenvalue weighted by Crippen LogP contribution is -2.05. The molecule has 0 amide bonds. The van der Waals surface area contributed by atoms with Crippen LogP contribution in [0.1, 0.15) is 5.56 Å². The van der Waals surface area contributed by atoms with Crippen LogP contribution in [0.4, 0.5) is 11.6 Å². The van der Waals surface area contributed by atoms with Crippen LogP contribution < -0.4 is 5.32 Å². The minimum Gasteiger partial charge on any atom is -0.349 e. The fourth-order valence-corrected chi connectivity index (χ4v) is 1.87. The van der Waals surface area contributed by atoms with Gasteiger partial charge in [-0.15, -0.1) is 10.2 Å². The van der Waals surface area contributed by atoms with E-state index in [1.54, 1.807) is 12.1 Å². The summed E-state index contributed by atoms with van der Waals surface area (Å²) in [4.78, 5) is 14.5. The Kier molecular flexibility index (Phi) is 3.38. The largest absolute Gasteiger partial charge is 0.349 e. The van der Waals surface area contributed by atoms with Gasteiger partial charge < -0.3 is 5.32 Å². The van der Waals surface area contributed by atoms with Crippen molar-refractivity contribution in [3.8, 4) is 0 Å². The predicted octanol–water partition coefficient (Wildman–Crippen LogP) is 2.55. The van der Waals surface area contributed by atoms with E-state index in [4.69, 9.17) is 0 Å². The highest BCUT2D eigenvalue weighted by Gasteiger charge is 2.05. The Hall–Kier alpha value is -3.09. The Labute approximate surface area is 119 Å². The highest BCUT2D eigenvalue weighted by Crippen LogP contribution is 2.13. The van der Waals surface area contributed by atoms with E-state index in [1.807, 2.05) is 24.3 Å². The zero-order valence-corrected chi connectivity index (χ0v) is 10.9. The minimum absolute atomic E-state index is 0.0716. The highest BCUT2D eigenvalue weighted by atomic mass is 16.6. The Morgan fingerprint density at radius 1 is 1.00 bits per heavy atom. The number of hydrogen-bond donors (Lipinski definition) is 1. The summed E-state index contributed by atoms with van der Waals surface area (Å²) >= 11 is 0. The number of rotatable bonds is 4. The van der Waals surface area contributed by atoms with E-state index in [0.717, 1.165) is 16.6 Å². The summed E-state index contributed by atoms with van der Waals surface area (Å²) in [5, 5.41) is 21.7. The number of anilines is 1. The zero-order valence-electron chi connectivity index (χ0n) is 10.9. The molecule has 0 atom stereocenters. The van der Waals surface area contributed by atoms with Gasteiger partial charge in [0.05, 0.1) is 10.4 Å². The molecule has 104 valence electrons. The molecule has 0 saturated carbocycles. The number of nitrogens with one attached hydrogen (secondary N) is 1. The molecule has 1 heterocycles. The van der Waals surface area contributed by atoms with Gasteiger partial charge in [-0.3, -0.25) is 10.1 Å². The summed E-state index contributed by atoms with van der Waals surface area (Å²) < 4.78 is 0. The van der Waals surface area contributed by atoms with E-state index in [0.29, 0.717) is 12.5 Å². The summed E-state index contributed by atoms with van der Waals surface area (Å²) in [7, 11) is 0. The van der Waals surface area contributed by atoms with Crippen molar-refractivity contribution >= 4 is 22.7 Å². The Bertz CT molecular complexity index is 789. The zero-order chi connectivity index (χ0) is 14.7. The summed E-state index contributed by atoms with van der Waals surface area (Å²) in [6.07, 6.45) is 0. The van der Waals surface area contributed by atoms with Crippen LogP contribution in [0.2, 0.25) is 0 Å². The van der Waals surface area contributed by atoms with Gasteiger partial charge in [-0.25, -0.2) is 4.98 Å². The van der Waals surface area contributed by atoms with Gasteiger partial charge in [0.2, 0.25) is 5.95 Å². The Morgan fingerprint density at radius 2 is 1.71 bits per heavy atom. The van der Waals surface area contributed by atoms with E-state index in [-0.39, 0.29) is 5.69 Å². The second-order valence-corrected chi connectivity index (χ2v) is 4.40. The molecular formula is C14H11N5O2. The van der Waals surface area contributed by atoms with Crippen LogP contribution in [0.3, 0.4) is 0 Å². The third kappa shape index (κ3) is 2.92. The van der Waals surface area contributed by atoms with E-state index in [2.05, 4.69) is 20.5 Å². The van der Waals surface area contributed by atoms with Gasteiger partial charge in [0.1, 0.15) is 5.52 Å². The molecule has 0 aliphatic heterocycles. The smallest absolute Gasteiger partial charge is 0.269 e. The van der Waals surface area contributed by atoms with Gasteiger partial charge in [-0.2, -0.15) is 0 Å². The number of benzene rings is 2. The molecule has 1 N–H and O–H groups in total. The van der Waals surface area contributed by atoms with Crippen molar-refractivity contribution in [2.75, 3.05) is 5.32 Å². The normalized spacial score (nSPS) is 10.5. The van der Waals surface area contributed by atoms with Gasteiger partial charge in [0.25, 0.3) is 5.69 Å². The van der Waals surface area contributed by atoms with E-state index in [9.17, 15) is 10.1 Å². The second kappa shape index (κ2) is 5.49. The van der Waals surface area contributed by atoms with Gasteiger partial charge in [0.15, 0.2) is 0 Å². The molecule has 7 heteroatoms. The van der Waals surface area contributed by atoms with Crippen LogP contribution in [0.25, 0.3) is 11.0 Å². The summed E-state index contributed by atoms with van der Waals surface area (Å²) in [6, 6.07) is 13.8. The van der Waals surface area contributed by atoms with E-state index >= 15 is 0 Å². The predicted molar refractivity (Wildman–Crippen MR) is 77.8 cm³/mol. The lowest BCUT2D eigenvalue weighted by Gasteiger charge is -2.04. The fourth-order valence-electron chi connectivity index (χ4n) is 1.87. The number of fused-ring (bicyclic) bond motifs is 1. The first-order valence-corrected chi connectivity index (χ1v) is 6.29. The van der Waals surface area contributed by atoms with Crippen molar-refractivity contribution in [1.82, 2.24) is 15.2 Å². The van der Waals surface area contributed by atoms with Crippen molar-refractivity contribution in [3.63, 3.8) is 0 Å². The molecule has 0 aliphatic carbocycles. The third-order valence-corrected chi connectivity index (χ3v) is 2.96. The van der Waals surface area contributed by atoms with Crippen molar-refractivity contribution in [3.05, 3.63) is 64.2 Å². The van der Waals surface area contributed by atoms with E-state index in [1.165, 1.54) is 12.1 Å². The van der Waals surface area contributed by atoms with Crippen LogP contribution in [0.15, 0.2) is 48.5 Å². The van der Waals surface area contributed by atoms with Crippen molar-refractivity contribution in [2.45, 2.75) is 6.54 Å². The number of nitro benzene ring substituents is 1.